The summed E-state index contributed by atoms with van der Waals surface area (Å²) in [6.07, 6.45) is 11.4. The molecular formula is C22H32O2. The van der Waals surface area contributed by atoms with Crippen LogP contribution in [0.3, 0.4) is 0 Å². The van der Waals surface area contributed by atoms with E-state index in [9.17, 15) is 9.90 Å². The molecule has 2 heteroatoms. The Balaban J connectivity index is 1.61. The number of carbonyl (C=O) groups excluding carboxylic acids is 1. The highest BCUT2D eigenvalue weighted by atomic mass is 16.3. The highest BCUT2D eigenvalue weighted by molar-refractivity contribution is 5.91. The average molecular weight is 328 g/mol. The Kier molecular flexibility index (Phi) is 3.84. The van der Waals surface area contributed by atoms with E-state index in [0.717, 1.165) is 55.9 Å². The van der Waals surface area contributed by atoms with Crippen molar-refractivity contribution < 1.29 is 9.90 Å². The minimum atomic E-state index is -0.548. The third kappa shape index (κ3) is 2.29. The zero-order valence-corrected chi connectivity index (χ0v) is 15.3. The molecule has 3 saturated carbocycles. The molecule has 132 valence electrons. The molecule has 24 heavy (non-hydrogen) atoms. The molecule has 1 N–H and O–H groups in total. The van der Waals surface area contributed by atoms with Crippen molar-refractivity contribution >= 4 is 5.78 Å². The summed E-state index contributed by atoms with van der Waals surface area (Å²) in [6, 6.07) is 0. The molecule has 6 unspecified atom stereocenters. The number of fused-ring (bicyclic) bond motifs is 5. The molecular weight excluding hydrogens is 296 g/mol. The molecule has 6 atom stereocenters. The molecule has 2 nitrogen and oxygen atoms in total. The van der Waals surface area contributed by atoms with Crippen LogP contribution in [0.25, 0.3) is 0 Å². The predicted molar refractivity (Wildman–Crippen MR) is 96.5 cm³/mol. The summed E-state index contributed by atoms with van der Waals surface area (Å²) in [6.45, 7) is 8.49. The Morgan fingerprint density at radius 1 is 1.21 bits per heavy atom. The van der Waals surface area contributed by atoms with Crippen molar-refractivity contribution in [2.45, 2.75) is 77.2 Å². The van der Waals surface area contributed by atoms with Crippen LogP contribution < -0.4 is 0 Å². The van der Waals surface area contributed by atoms with Gasteiger partial charge in [-0.15, -0.1) is 6.58 Å². The van der Waals surface area contributed by atoms with E-state index in [1.165, 1.54) is 24.8 Å². The lowest BCUT2D eigenvalue weighted by Gasteiger charge is -2.55. The van der Waals surface area contributed by atoms with Gasteiger partial charge in [-0.3, -0.25) is 4.79 Å². The third-order valence-corrected chi connectivity index (χ3v) is 8.22. The Hall–Kier alpha value is -0.890. The van der Waals surface area contributed by atoms with Crippen LogP contribution in [-0.4, -0.2) is 16.5 Å². The van der Waals surface area contributed by atoms with Gasteiger partial charge in [-0.1, -0.05) is 18.1 Å². The zero-order chi connectivity index (χ0) is 17.1. The molecule has 0 aromatic carbocycles. The summed E-state index contributed by atoms with van der Waals surface area (Å²) < 4.78 is 0. The topological polar surface area (TPSA) is 37.3 Å². The number of aliphatic hydroxyl groups is 1. The van der Waals surface area contributed by atoms with E-state index in [2.05, 4.69) is 20.4 Å². The number of hydrogen-bond acceptors (Lipinski definition) is 2. The van der Waals surface area contributed by atoms with Gasteiger partial charge in [0.15, 0.2) is 5.78 Å². The van der Waals surface area contributed by atoms with Gasteiger partial charge < -0.3 is 5.11 Å². The van der Waals surface area contributed by atoms with Crippen molar-refractivity contribution in [2.75, 3.05) is 0 Å². The van der Waals surface area contributed by atoms with Crippen LogP contribution in [0.5, 0.6) is 0 Å². The third-order valence-electron chi connectivity index (χ3n) is 8.22. The molecule has 4 rings (SSSR count). The molecule has 4 aliphatic rings. The van der Waals surface area contributed by atoms with Gasteiger partial charge in [0, 0.05) is 6.42 Å². The number of hydrogen-bond donors (Lipinski definition) is 1. The normalized spacial score (nSPS) is 47.5. The average Bonchev–Trinajstić information content (AvgIpc) is 2.77. The maximum absolute atomic E-state index is 11.8. The van der Waals surface area contributed by atoms with Crippen molar-refractivity contribution in [1.82, 2.24) is 0 Å². The number of rotatable bonds is 2. The second-order valence-corrected chi connectivity index (χ2v) is 9.46. The molecule has 0 spiro atoms. The van der Waals surface area contributed by atoms with Gasteiger partial charge in [0.05, 0.1) is 5.60 Å². The van der Waals surface area contributed by atoms with Crippen LogP contribution in [0, 0.1) is 29.1 Å². The van der Waals surface area contributed by atoms with Crippen molar-refractivity contribution in [3.05, 3.63) is 23.8 Å². The van der Waals surface area contributed by atoms with Gasteiger partial charge in [0.2, 0.25) is 0 Å². The first kappa shape index (κ1) is 16.6. The minimum absolute atomic E-state index is 0.0544. The molecule has 0 aliphatic heterocycles. The Morgan fingerprint density at radius 3 is 2.75 bits per heavy atom. The lowest BCUT2D eigenvalue weighted by molar-refractivity contribution is -0.120. The smallest absolute Gasteiger partial charge is 0.155 e. The van der Waals surface area contributed by atoms with E-state index >= 15 is 0 Å². The quantitative estimate of drug-likeness (QED) is 0.738. The van der Waals surface area contributed by atoms with E-state index in [1.54, 1.807) is 0 Å². The van der Waals surface area contributed by atoms with Crippen molar-refractivity contribution in [3.63, 3.8) is 0 Å². The van der Waals surface area contributed by atoms with Crippen LogP contribution in [0.2, 0.25) is 0 Å². The van der Waals surface area contributed by atoms with E-state index in [4.69, 9.17) is 0 Å². The first-order valence-corrected chi connectivity index (χ1v) is 9.94. The van der Waals surface area contributed by atoms with Gasteiger partial charge in [-0.25, -0.2) is 0 Å². The SMILES string of the molecule is C=C(C)CC1(O)CCC2C3CCC4=CC(=O)CCC4C3CCC21C. The Morgan fingerprint density at radius 2 is 2.00 bits per heavy atom. The maximum Gasteiger partial charge on any atom is 0.155 e. The number of allylic oxidation sites excluding steroid dienone is 1. The van der Waals surface area contributed by atoms with Gasteiger partial charge in [0.1, 0.15) is 0 Å². The van der Waals surface area contributed by atoms with E-state index < -0.39 is 5.60 Å². The largest absolute Gasteiger partial charge is 0.389 e. The van der Waals surface area contributed by atoms with Crippen LogP contribution in [0.1, 0.15) is 71.6 Å². The summed E-state index contributed by atoms with van der Waals surface area (Å²) in [5.74, 6) is 3.15. The van der Waals surface area contributed by atoms with Gasteiger partial charge in [-0.05, 0) is 93.5 Å². The van der Waals surface area contributed by atoms with E-state index in [1.807, 2.05) is 6.08 Å². The Labute approximate surface area is 146 Å². The van der Waals surface area contributed by atoms with E-state index in [-0.39, 0.29) is 5.41 Å². The fourth-order valence-corrected chi connectivity index (χ4v) is 7.08. The first-order valence-electron chi connectivity index (χ1n) is 9.94. The summed E-state index contributed by atoms with van der Waals surface area (Å²) in [4.78, 5) is 11.8. The standard InChI is InChI=1S/C22H32O2/c1-14(2)13-22(24)11-9-20-19-6-4-15-12-16(23)5-7-17(15)18(19)8-10-21(20,22)3/h12,17-20,24H,1,4-11,13H2,2-3H3. The molecule has 0 amide bonds. The molecule has 0 bridgehead atoms. The molecule has 0 heterocycles. The summed E-state index contributed by atoms with van der Waals surface area (Å²) in [7, 11) is 0. The lowest BCUT2D eigenvalue weighted by Crippen LogP contribution is -2.52. The van der Waals surface area contributed by atoms with Crippen molar-refractivity contribution in [3.8, 4) is 0 Å². The fraction of sp³-hybridized carbons (Fsp3) is 0.773. The maximum atomic E-state index is 11.8. The highest BCUT2D eigenvalue weighted by Crippen LogP contribution is 2.65. The molecule has 0 saturated heterocycles. The second-order valence-electron chi connectivity index (χ2n) is 9.46. The molecule has 0 aromatic heterocycles. The van der Waals surface area contributed by atoms with Gasteiger partial charge >= 0.3 is 0 Å². The van der Waals surface area contributed by atoms with Gasteiger partial charge in [0.25, 0.3) is 0 Å². The molecule has 0 aromatic rings. The minimum Gasteiger partial charge on any atom is -0.389 e. The van der Waals surface area contributed by atoms with Crippen LogP contribution >= 0.6 is 0 Å². The van der Waals surface area contributed by atoms with E-state index in [0.29, 0.717) is 17.6 Å². The second kappa shape index (κ2) is 5.56. The highest BCUT2D eigenvalue weighted by Gasteiger charge is 2.61. The molecule has 3 fully saturated rings. The Bertz CT molecular complexity index is 603. The van der Waals surface area contributed by atoms with Crippen LogP contribution in [0.15, 0.2) is 23.8 Å². The van der Waals surface area contributed by atoms with Crippen molar-refractivity contribution in [1.29, 1.82) is 0 Å². The molecule has 4 aliphatic carbocycles. The number of ketones is 1. The summed E-state index contributed by atoms with van der Waals surface area (Å²) in [5.41, 5.74) is 2.07. The molecule has 0 radical (unpaired) electrons. The van der Waals surface area contributed by atoms with Crippen molar-refractivity contribution in [2.24, 2.45) is 29.1 Å². The lowest BCUT2D eigenvalue weighted by atomic mass is 9.50. The monoisotopic (exact) mass is 328 g/mol. The van der Waals surface area contributed by atoms with Gasteiger partial charge in [-0.2, -0.15) is 0 Å². The summed E-state index contributed by atoms with van der Waals surface area (Å²) in [5, 5.41) is 11.5. The van der Waals surface area contributed by atoms with Crippen LogP contribution in [0.4, 0.5) is 0 Å². The van der Waals surface area contributed by atoms with Crippen LogP contribution in [-0.2, 0) is 4.79 Å². The summed E-state index contributed by atoms with van der Waals surface area (Å²) >= 11 is 0. The zero-order valence-electron chi connectivity index (χ0n) is 15.3. The number of carbonyl (C=O) groups is 1. The fourth-order valence-electron chi connectivity index (χ4n) is 7.08. The predicted octanol–water partition coefficient (Wildman–Crippen LogP) is 4.83. The first-order chi connectivity index (χ1) is 11.3.